The number of aryl methyl sites for hydroxylation is 1. The summed E-state index contributed by atoms with van der Waals surface area (Å²) in [5.74, 6) is 0. The Balaban J connectivity index is 2.13. The molecular formula is C13H16ClN3O. The van der Waals surface area contributed by atoms with Crippen molar-refractivity contribution in [2.24, 2.45) is 7.05 Å². The third kappa shape index (κ3) is 2.83. The van der Waals surface area contributed by atoms with E-state index in [1.807, 2.05) is 44.7 Å². The van der Waals surface area contributed by atoms with Crippen LogP contribution in [0, 0.1) is 0 Å². The fourth-order valence-corrected chi connectivity index (χ4v) is 2.06. The number of halogens is 1. The van der Waals surface area contributed by atoms with Crippen molar-refractivity contribution in [3.05, 3.63) is 46.7 Å². The molecule has 0 radical (unpaired) electrons. The third-order valence-electron chi connectivity index (χ3n) is 2.83. The van der Waals surface area contributed by atoms with E-state index in [9.17, 15) is 0 Å². The molecule has 96 valence electrons. The van der Waals surface area contributed by atoms with Crippen LogP contribution < -0.4 is 4.90 Å². The lowest BCUT2D eigenvalue weighted by atomic mass is 10.2. The molecule has 1 heterocycles. The highest BCUT2D eigenvalue weighted by atomic mass is 35.5. The molecule has 0 aliphatic carbocycles. The predicted octanol–water partition coefficient (Wildman–Crippen LogP) is 2.20. The van der Waals surface area contributed by atoms with Crippen molar-refractivity contribution in [3.63, 3.8) is 0 Å². The van der Waals surface area contributed by atoms with E-state index in [1.54, 1.807) is 4.68 Å². The van der Waals surface area contributed by atoms with Gasteiger partial charge in [0.25, 0.3) is 0 Å². The first-order chi connectivity index (χ1) is 8.60. The van der Waals surface area contributed by atoms with Gasteiger partial charge >= 0.3 is 0 Å². The Kier molecular flexibility index (Phi) is 3.89. The highest BCUT2D eigenvalue weighted by Crippen LogP contribution is 2.24. The summed E-state index contributed by atoms with van der Waals surface area (Å²) in [4.78, 5) is 2.09. The van der Waals surface area contributed by atoms with Gasteiger partial charge in [0.15, 0.2) is 0 Å². The molecule has 0 spiro atoms. The van der Waals surface area contributed by atoms with E-state index >= 15 is 0 Å². The molecule has 2 aromatic rings. The van der Waals surface area contributed by atoms with E-state index in [-0.39, 0.29) is 6.61 Å². The zero-order valence-electron chi connectivity index (χ0n) is 10.5. The van der Waals surface area contributed by atoms with E-state index in [2.05, 4.69) is 10.00 Å². The van der Waals surface area contributed by atoms with Gasteiger partial charge in [0.1, 0.15) is 0 Å². The Morgan fingerprint density at radius 2 is 2.22 bits per heavy atom. The predicted molar refractivity (Wildman–Crippen MR) is 72.7 cm³/mol. The summed E-state index contributed by atoms with van der Waals surface area (Å²) in [6.07, 6.45) is 3.83. The van der Waals surface area contributed by atoms with E-state index in [0.29, 0.717) is 5.02 Å². The van der Waals surface area contributed by atoms with E-state index < -0.39 is 0 Å². The number of anilines is 1. The van der Waals surface area contributed by atoms with Crippen LogP contribution in [0.3, 0.4) is 0 Å². The third-order valence-corrected chi connectivity index (χ3v) is 3.18. The van der Waals surface area contributed by atoms with Crippen LogP contribution in [0.1, 0.15) is 11.1 Å². The molecule has 2 rings (SSSR count). The summed E-state index contributed by atoms with van der Waals surface area (Å²) in [7, 11) is 3.90. The summed E-state index contributed by atoms with van der Waals surface area (Å²) >= 11 is 6.08. The molecule has 0 fully saturated rings. The van der Waals surface area contributed by atoms with Gasteiger partial charge in [-0.25, -0.2) is 0 Å². The highest BCUT2D eigenvalue weighted by Gasteiger charge is 2.06. The fourth-order valence-electron chi connectivity index (χ4n) is 1.82. The van der Waals surface area contributed by atoms with Crippen LogP contribution in [0.25, 0.3) is 0 Å². The van der Waals surface area contributed by atoms with Crippen molar-refractivity contribution in [2.75, 3.05) is 11.9 Å². The standard InChI is InChI=1S/C13H16ClN3O/c1-16(7-10-6-15-17(2)8-10)12-4-3-11(9-18)13(14)5-12/h3-6,8,18H,7,9H2,1-2H3. The molecule has 0 saturated carbocycles. The zero-order valence-corrected chi connectivity index (χ0v) is 11.2. The molecule has 0 bridgehead atoms. The van der Waals surface area contributed by atoms with Crippen molar-refractivity contribution < 1.29 is 5.11 Å². The summed E-state index contributed by atoms with van der Waals surface area (Å²) < 4.78 is 1.78. The molecule has 1 N–H and O–H groups in total. The van der Waals surface area contributed by atoms with Gasteiger partial charge in [0.05, 0.1) is 12.8 Å². The molecule has 4 nitrogen and oxygen atoms in total. The smallest absolute Gasteiger partial charge is 0.0696 e. The van der Waals surface area contributed by atoms with Gasteiger partial charge in [-0.05, 0) is 17.7 Å². The second-order valence-corrected chi connectivity index (χ2v) is 4.72. The van der Waals surface area contributed by atoms with Gasteiger partial charge in [-0.2, -0.15) is 5.10 Å². The molecule has 0 aliphatic heterocycles. The first-order valence-corrected chi connectivity index (χ1v) is 6.06. The van der Waals surface area contributed by atoms with Crippen molar-refractivity contribution in [2.45, 2.75) is 13.2 Å². The Labute approximate surface area is 111 Å². The molecule has 18 heavy (non-hydrogen) atoms. The van der Waals surface area contributed by atoms with Crippen LogP contribution in [-0.4, -0.2) is 21.9 Å². The summed E-state index contributed by atoms with van der Waals surface area (Å²) in [6, 6.07) is 5.66. The summed E-state index contributed by atoms with van der Waals surface area (Å²) in [6.45, 7) is 0.730. The number of aromatic nitrogens is 2. The van der Waals surface area contributed by atoms with Crippen molar-refractivity contribution in [1.82, 2.24) is 9.78 Å². The van der Waals surface area contributed by atoms with Gasteiger partial charge < -0.3 is 10.0 Å². The summed E-state index contributed by atoms with van der Waals surface area (Å²) in [5.41, 5.74) is 2.90. The topological polar surface area (TPSA) is 41.3 Å². The van der Waals surface area contributed by atoms with Gasteiger partial charge in [0, 0.05) is 43.1 Å². The first-order valence-electron chi connectivity index (χ1n) is 5.68. The lowest BCUT2D eigenvalue weighted by Crippen LogP contribution is -2.16. The maximum atomic E-state index is 9.08. The minimum absolute atomic E-state index is 0.0363. The molecule has 0 unspecified atom stereocenters. The van der Waals surface area contributed by atoms with Gasteiger partial charge in [-0.15, -0.1) is 0 Å². The highest BCUT2D eigenvalue weighted by molar-refractivity contribution is 6.31. The lowest BCUT2D eigenvalue weighted by molar-refractivity contribution is 0.282. The van der Waals surface area contributed by atoms with Crippen molar-refractivity contribution >= 4 is 17.3 Å². The molecule has 0 amide bonds. The van der Waals surface area contributed by atoms with Crippen LogP contribution in [0.4, 0.5) is 5.69 Å². The second kappa shape index (κ2) is 5.42. The monoisotopic (exact) mass is 265 g/mol. The van der Waals surface area contributed by atoms with Crippen LogP contribution >= 0.6 is 11.6 Å². The van der Waals surface area contributed by atoms with E-state index in [0.717, 1.165) is 23.4 Å². The molecule has 0 aliphatic rings. The molecule has 1 aromatic heterocycles. The van der Waals surface area contributed by atoms with E-state index in [1.165, 1.54) is 0 Å². The number of benzene rings is 1. The SMILES string of the molecule is CN(Cc1cnn(C)c1)c1ccc(CO)c(Cl)c1. The Morgan fingerprint density at radius 3 is 2.78 bits per heavy atom. The Morgan fingerprint density at radius 1 is 1.44 bits per heavy atom. The average molecular weight is 266 g/mol. The summed E-state index contributed by atoms with van der Waals surface area (Å²) in [5, 5.41) is 13.8. The van der Waals surface area contributed by atoms with Crippen LogP contribution in [0.5, 0.6) is 0 Å². The van der Waals surface area contributed by atoms with Gasteiger partial charge in [-0.1, -0.05) is 17.7 Å². The number of nitrogens with zero attached hydrogens (tertiary/aromatic N) is 3. The molecule has 5 heteroatoms. The fraction of sp³-hybridized carbons (Fsp3) is 0.308. The van der Waals surface area contributed by atoms with Crippen LogP contribution in [0.15, 0.2) is 30.6 Å². The zero-order chi connectivity index (χ0) is 13.1. The molecule has 0 saturated heterocycles. The van der Waals surface area contributed by atoms with Crippen LogP contribution in [-0.2, 0) is 20.2 Å². The minimum atomic E-state index is -0.0363. The average Bonchev–Trinajstić information content (AvgIpc) is 2.74. The number of aliphatic hydroxyl groups is 1. The van der Waals surface area contributed by atoms with E-state index in [4.69, 9.17) is 16.7 Å². The minimum Gasteiger partial charge on any atom is -0.392 e. The van der Waals surface area contributed by atoms with Gasteiger partial charge in [0.2, 0.25) is 0 Å². The van der Waals surface area contributed by atoms with Gasteiger partial charge in [-0.3, -0.25) is 4.68 Å². The largest absolute Gasteiger partial charge is 0.392 e. The second-order valence-electron chi connectivity index (χ2n) is 4.31. The maximum Gasteiger partial charge on any atom is 0.0696 e. The Hall–Kier alpha value is -1.52. The van der Waals surface area contributed by atoms with Crippen molar-refractivity contribution in [3.8, 4) is 0 Å². The lowest BCUT2D eigenvalue weighted by Gasteiger charge is -2.19. The maximum absolute atomic E-state index is 9.08. The van der Waals surface area contributed by atoms with Crippen molar-refractivity contribution in [1.29, 1.82) is 0 Å². The number of hydrogen-bond donors (Lipinski definition) is 1. The molecule has 0 atom stereocenters. The molecule has 1 aromatic carbocycles. The normalized spacial score (nSPS) is 10.7. The number of rotatable bonds is 4. The number of hydrogen-bond acceptors (Lipinski definition) is 3. The number of aliphatic hydroxyl groups excluding tert-OH is 1. The first kappa shape index (κ1) is 12.9. The molecular weight excluding hydrogens is 250 g/mol. The van der Waals surface area contributed by atoms with Crippen LogP contribution in [0.2, 0.25) is 5.02 Å². The quantitative estimate of drug-likeness (QED) is 0.922. The Bertz CT molecular complexity index is 539.